The van der Waals surface area contributed by atoms with E-state index in [1.807, 2.05) is 31.3 Å². The second-order valence-electron chi connectivity index (χ2n) is 10.5. The Kier molecular flexibility index (Phi) is 9.16. The van der Waals surface area contributed by atoms with Gasteiger partial charge in [0.05, 0.1) is 5.02 Å². The van der Waals surface area contributed by atoms with Gasteiger partial charge in [-0.1, -0.05) is 60.1 Å². The highest BCUT2D eigenvalue weighted by Crippen LogP contribution is 2.38. The van der Waals surface area contributed by atoms with Crippen LogP contribution in [0.1, 0.15) is 52.6 Å². The number of hydrogen-bond donors (Lipinski definition) is 1. The first-order valence-corrected chi connectivity index (χ1v) is 15.0. The van der Waals surface area contributed by atoms with Crippen LogP contribution in [0, 0.1) is 5.82 Å². The number of benzene rings is 3. The number of aliphatic hydroxyl groups excluding tert-OH is 1. The van der Waals surface area contributed by atoms with E-state index in [0.29, 0.717) is 33.9 Å². The number of fused-ring (bicyclic) bond motifs is 1. The third-order valence-electron chi connectivity index (χ3n) is 7.86. The van der Waals surface area contributed by atoms with Crippen molar-refractivity contribution >= 4 is 50.7 Å². The third kappa shape index (κ3) is 6.45. The van der Waals surface area contributed by atoms with Gasteiger partial charge in [-0.3, -0.25) is 4.79 Å². The number of halogens is 6. The topological polar surface area (TPSA) is 43.8 Å². The molecule has 0 aliphatic heterocycles. The Bertz CT molecular complexity index is 1570. The van der Waals surface area contributed by atoms with E-state index in [1.165, 1.54) is 47.7 Å². The summed E-state index contributed by atoms with van der Waals surface area (Å²) in [6.45, 7) is -0.0139. The van der Waals surface area contributed by atoms with Gasteiger partial charge in [-0.25, -0.2) is 8.81 Å². The summed E-state index contributed by atoms with van der Waals surface area (Å²) < 4.78 is 56.6. The lowest BCUT2D eigenvalue weighted by molar-refractivity contribution is -0.206. The third-order valence-corrected chi connectivity index (χ3v) is 9.80. The maximum absolute atomic E-state index is 15.3. The zero-order valence-corrected chi connectivity index (χ0v) is 24.9. The van der Waals surface area contributed by atoms with E-state index in [2.05, 4.69) is 0 Å². The summed E-state index contributed by atoms with van der Waals surface area (Å²) in [5.41, 5.74) is 1.10. The van der Waals surface area contributed by atoms with Crippen LogP contribution in [0.15, 0.2) is 66.7 Å². The molecule has 0 radical (unpaired) electrons. The molecule has 0 saturated heterocycles. The SMILES string of the molecule is CN(Cl)[C@H]1CC[C@H](N(Cc2cc(-c3ccc(C(O)C(F)(F)F)cc3)ccc2F)C(=O)c2sc3ccccc3c2Cl)CC1. The molecule has 4 nitrogen and oxygen atoms in total. The van der Waals surface area contributed by atoms with Crippen LogP contribution in [0.2, 0.25) is 5.02 Å². The molecule has 3 aromatic carbocycles. The van der Waals surface area contributed by atoms with Crippen molar-refractivity contribution in [1.82, 2.24) is 9.32 Å². The molecule has 1 aliphatic carbocycles. The van der Waals surface area contributed by atoms with E-state index < -0.39 is 18.1 Å². The van der Waals surface area contributed by atoms with Crippen LogP contribution >= 0.6 is 34.7 Å². The Morgan fingerprint density at radius 1 is 1.00 bits per heavy atom. The van der Waals surface area contributed by atoms with Gasteiger partial charge < -0.3 is 10.0 Å². The molecule has 5 rings (SSSR count). The number of amides is 1. The van der Waals surface area contributed by atoms with Crippen molar-refractivity contribution in [1.29, 1.82) is 0 Å². The van der Waals surface area contributed by atoms with Crippen molar-refractivity contribution in [3.63, 3.8) is 0 Å². The molecule has 1 saturated carbocycles. The predicted molar refractivity (Wildman–Crippen MR) is 159 cm³/mol. The second-order valence-corrected chi connectivity index (χ2v) is 12.5. The molecule has 1 atom stereocenters. The van der Waals surface area contributed by atoms with Crippen LogP contribution < -0.4 is 0 Å². The lowest BCUT2D eigenvalue weighted by atomic mass is 9.89. The average molecular weight is 640 g/mol. The lowest BCUT2D eigenvalue weighted by Crippen LogP contribution is -2.44. The van der Waals surface area contributed by atoms with Crippen molar-refractivity contribution in [2.45, 2.75) is 56.6 Å². The summed E-state index contributed by atoms with van der Waals surface area (Å²) in [6.07, 6.45) is -4.47. The maximum atomic E-state index is 15.3. The lowest BCUT2D eigenvalue weighted by Gasteiger charge is -2.38. The van der Waals surface area contributed by atoms with Crippen molar-refractivity contribution in [2.75, 3.05) is 7.05 Å². The highest BCUT2D eigenvalue weighted by Gasteiger charge is 2.39. The molecular weight excluding hydrogens is 611 g/mol. The fourth-order valence-corrected chi connectivity index (χ4v) is 7.14. The first-order chi connectivity index (χ1) is 19.9. The van der Waals surface area contributed by atoms with Gasteiger partial charge in [0.1, 0.15) is 10.7 Å². The quantitative estimate of drug-likeness (QED) is 0.162. The van der Waals surface area contributed by atoms with E-state index in [4.69, 9.17) is 23.4 Å². The number of carbonyl (C=O) groups excluding carboxylic acids is 1. The molecule has 4 aromatic rings. The van der Waals surface area contributed by atoms with Crippen LogP contribution in [-0.2, 0) is 6.54 Å². The van der Waals surface area contributed by atoms with E-state index >= 15 is 4.39 Å². The summed E-state index contributed by atoms with van der Waals surface area (Å²) >= 11 is 14.2. The van der Waals surface area contributed by atoms with Gasteiger partial charge in [0.2, 0.25) is 0 Å². The standard InChI is InChI=1S/C31H28Cl2F4N2O2S/c1-38(33)22-11-13-23(14-12-22)39(30(41)28-27(32)24-4-2-3-5-26(24)42-28)17-21-16-20(10-15-25(21)34)18-6-8-19(9-7-18)29(40)31(35,36)37/h2-10,15-16,22-23,29,40H,11-14,17H2,1H3/t22-,23-,29?. The molecule has 1 fully saturated rings. The van der Waals surface area contributed by atoms with Gasteiger partial charge in [-0.2, -0.15) is 13.2 Å². The van der Waals surface area contributed by atoms with Gasteiger partial charge in [-0.15, -0.1) is 11.3 Å². The number of aliphatic hydroxyl groups is 1. The molecule has 0 spiro atoms. The monoisotopic (exact) mass is 638 g/mol. The van der Waals surface area contributed by atoms with E-state index in [9.17, 15) is 23.1 Å². The Morgan fingerprint density at radius 3 is 2.24 bits per heavy atom. The van der Waals surface area contributed by atoms with Crippen molar-refractivity contribution in [3.8, 4) is 11.1 Å². The van der Waals surface area contributed by atoms with Crippen LogP contribution in [0.3, 0.4) is 0 Å². The number of alkyl halides is 3. The zero-order valence-electron chi connectivity index (χ0n) is 22.5. The molecule has 1 heterocycles. The second kappa shape index (κ2) is 12.5. The molecule has 11 heteroatoms. The minimum absolute atomic E-state index is 0.0139. The van der Waals surface area contributed by atoms with E-state index in [0.717, 1.165) is 22.9 Å². The Balaban J connectivity index is 1.46. The molecular formula is C31H28Cl2F4N2O2S. The van der Waals surface area contributed by atoms with Gasteiger partial charge in [0.15, 0.2) is 6.10 Å². The minimum Gasteiger partial charge on any atom is -0.379 e. The molecule has 222 valence electrons. The number of hydrogen-bond acceptors (Lipinski definition) is 4. The van der Waals surface area contributed by atoms with Gasteiger partial charge >= 0.3 is 6.18 Å². The first kappa shape index (κ1) is 30.8. The van der Waals surface area contributed by atoms with Crippen LogP contribution in [0.25, 0.3) is 21.2 Å². The summed E-state index contributed by atoms with van der Waals surface area (Å²) in [5.74, 6) is -0.781. The van der Waals surface area contributed by atoms with Crippen LogP contribution in [0.4, 0.5) is 17.6 Å². The number of carbonyl (C=O) groups is 1. The first-order valence-electron chi connectivity index (χ1n) is 13.4. The summed E-state index contributed by atoms with van der Waals surface area (Å²) in [5, 5.41) is 10.7. The van der Waals surface area contributed by atoms with E-state index in [-0.39, 0.29) is 35.7 Å². The summed E-state index contributed by atoms with van der Waals surface area (Å²) in [7, 11) is 1.81. The molecule has 1 unspecified atom stereocenters. The largest absolute Gasteiger partial charge is 0.418 e. The number of thiophene rings is 1. The highest BCUT2D eigenvalue weighted by molar-refractivity contribution is 7.21. The van der Waals surface area contributed by atoms with Crippen molar-refractivity contribution in [3.05, 3.63) is 93.6 Å². The fraction of sp³-hybridized carbons (Fsp3) is 0.323. The smallest absolute Gasteiger partial charge is 0.379 e. The molecule has 1 N–H and O–H groups in total. The van der Waals surface area contributed by atoms with Crippen molar-refractivity contribution in [2.24, 2.45) is 0 Å². The van der Waals surface area contributed by atoms with Gasteiger partial charge in [0, 0.05) is 41.3 Å². The fourth-order valence-electron chi connectivity index (χ4n) is 5.48. The molecule has 1 aromatic heterocycles. The zero-order chi connectivity index (χ0) is 30.2. The normalized spacial score (nSPS) is 18.4. The van der Waals surface area contributed by atoms with E-state index in [1.54, 1.807) is 15.4 Å². The van der Waals surface area contributed by atoms with Crippen molar-refractivity contribution < 1.29 is 27.5 Å². The molecule has 1 aliphatic rings. The number of nitrogens with zero attached hydrogens (tertiary/aromatic N) is 2. The Labute approximate surface area is 255 Å². The Hall–Kier alpha value is -2.69. The van der Waals surface area contributed by atoms with Gasteiger partial charge in [0.25, 0.3) is 5.91 Å². The molecule has 42 heavy (non-hydrogen) atoms. The van der Waals surface area contributed by atoms with Gasteiger partial charge in [-0.05, 0) is 72.3 Å². The molecule has 1 amide bonds. The Morgan fingerprint density at radius 2 is 1.62 bits per heavy atom. The van der Waals surface area contributed by atoms with Crippen LogP contribution in [0.5, 0.6) is 0 Å². The van der Waals surface area contributed by atoms with Crippen LogP contribution in [-0.4, -0.2) is 45.6 Å². The summed E-state index contributed by atoms with van der Waals surface area (Å²) in [4.78, 5) is 16.2. The maximum Gasteiger partial charge on any atom is 0.418 e. The molecule has 0 bridgehead atoms. The number of rotatable bonds is 7. The highest BCUT2D eigenvalue weighted by atomic mass is 35.5. The predicted octanol–water partition coefficient (Wildman–Crippen LogP) is 9.00. The summed E-state index contributed by atoms with van der Waals surface area (Å²) in [6, 6.07) is 17.2. The average Bonchev–Trinajstić information content (AvgIpc) is 3.32. The minimum atomic E-state index is -4.78.